The largest absolute Gasteiger partial charge is 0.368 e. The summed E-state index contributed by atoms with van der Waals surface area (Å²) >= 11 is 0. The summed E-state index contributed by atoms with van der Waals surface area (Å²) in [6.07, 6.45) is 6.12. The first-order chi connectivity index (χ1) is 7.65. The van der Waals surface area contributed by atoms with Crippen LogP contribution in [-0.2, 0) is 4.79 Å². The fourth-order valence-electron chi connectivity index (χ4n) is 2.45. The van der Waals surface area contributed by atoms with E-state index in [0.29, 0.717) is 0 Å². The lowest BCUT2D eigenvalue weighted by molar-refractivity contribution is -0.120. The number of nitrogens with one attached hydrogen (secondary N) is 1. The Labute approximate surface area is 98.6 Å². The van der Waals surface area contributed by atoms with Gasteiger partial charge in [-0.05, 0) is 32.9 Å². The van der Waals surface area contributed by atoms with Crippen LogP contribution in [0.4, 0.5) is 0 Å². The van der Waals surface area contributed by atoms with Crippen LogP contribution in [0.15, 0.2) is 0 Å². The highest BCUT2D eigenvalue weighted by atomic mass is 16.1. The van der Waals surface area contributed by atoms with E-state index in [9.17, 15) is 4.79 Å². The SMILES string of the molecule is CCNC(CCN(C)C1CCCC1)C(N)=O. The van der Waals surface area contributed by atoms with Gasteiger partial charge < -0.3 is 16.0 Å². The van der Waals surface area contributed by atoms with Gasteiger partial charge in [0.05, 0.1) is 6.04 Å². The number of carbonyl (C=O) groups excluding carboxylic acids is 1. The van der Waals surface area contributed by atoms with Gasteiger partial charge in [0, 0.05) is 12.6 Å². The minimum atomic E-state index is -0.235. The number of nitrogens with two attached hydrogens (primary N) is 1. The monoisotopic (exact) mass is 227 g/mol. The standard InChI is InChI=1S/C12H25N3O/c1-3-14-11(12(13)16)8-9-15(2)10-6-4-5-7-10/h10-11,14H,3-9H2,1-2H3,(H2,13,16). The van der Waals surface area contributed by atoms with Gasteiger partial charge in [0.25, 0.3) is 0 Å². The molecule has 1 unspecified atom stereocenters. The van der Waals surface area contributed by atoms with E-state index in [4.69, 9.17) is 5.73 Å². The lowest BCUT2D eigenvalue weighted by atomic mass is 10.1. The molecular weight excluding hydrogens is 202 g/mol. The lowest BCUT2D eigenvalue weighted by Crippen LogP contribution is -2.44. The minimum Gasteiger partial charge on any atom is -0.368 e. The smallest absolute Gasteiger partial charge is 0.234 e. The highest BCUT2D eigenvalue weighted by molar-refractivity contribution is 5.79. The molecule has 1 amide bonds. The highest BCUT2D eigenvalue weighted by Crippen LogP contribution is 2.22. The first-order valence-corrected chi connectivity index (χ1v) is 6.38. The second-order valence-electron chi connectivity index (χ2n) is 4.72. The molecule has 1 saturated carbocycles. The van der Waals surface area contributed by atoms with Crippen molar-refractivity contribution in [2.45, 2.75) is 51.1 Å². The molecule has 0 spiro atoms. The van der Waals surface area contributed by atoms with Crippen LogP contribution in [0, 0.1) is 0 Å². The summed E-state index contributed by atoms with van der Waals surface area (Å²) in [4.78, 5) is 13.5. The molecule has 16 heavy (non-hydrogen) atoms. The van der Waals surface area contributed by atoms with Crippen molar-refractivity contribution in [3.63, 3.8) is 0 Å². The fourth-order valence-corrected chi connectivity index (χ4v) is 2.45. The lowest BCUT2D eigenvalue weighted by Gasteiger charge is -2.25. The Morgan fingerprint density at radius 3 is 2.62 bits per heavy atom. The third-order valence-corrected chi connectivity index (χ3v) is 3.51. The van der Waals surface area contributed by atoms with Crippen LogP contribution in [-0.4, -0.2) is 43.0 Å². The van der Waals surface area contributed by atoms with Crippen molar-refractivity contribution in [2.24, 2.45) is 5.73 Å². The Kier molecular flexibility index (Phi) is 5.77. The maximum Gasteiger partial charge on any atom is 0.234 e. The van der Waals surface area contributed by atoms with Gasteiger partial charge >= 0.3 is 0 Å². The van der Waals surface area contributed by atoms with Crippen molar-refractivity contribution >= 4 is 5.91 Å². The molecule has 4 heteroatoms. The van der Waals surface area contributed by atoms with Gasteiger partial charge in [-0.3, -0.25) is 4.79 Å². The first kappa shape index (κ1) is 13.5. The van der Waals surface area contributed by atoms with E-state index in [2.05, 4.69) is 17.3 Å². The highest BCUT2D eigenvalue weighted by Gasteiger charge is 2.21. The number of hydrogen-bond acceptors (Lipinski definition) is 3. The summed E-state index contributed by atoms with van der Waals surface area (Å²) in [6, 6.07) is 0.545. The van der Waals surface area contributed by atoms with Crippen molar-refractivity contribution in [3.8, 4) is 0 Å². The fraction of sp³-hybridized carbons (Fsp3) is 0.917. The average Bonchev–Trinajstić information content (AvgIpc) is 2.76. The topological polar surface area (TPSA) is 58.4 Å². The summed E-state index contributed by atoms with van der Waals surface area (Å²) in [5, 5.41) is 3.13. The van der Waals surface area contributed by atoms with Crippen molar-refractivity contribution < 1.29 is 4.79 Å². The maximum atomic E-state index is 11.2. The molecule has 4 nitrogen and oxygen atoms in total. The van der Waals surface area contributed by atoms with Gasteiger partial charge in [-0.2, -0.15) is 0 Å². The van der Waals surface area contributed by atoms with E-state index >= 15 is 0 Å². The molecule has 0 radical (unpaired) electrons. The molecule has 94 valence electrons. The third-order valence-electron chi connectivity index (χ3n) is 3.51. The van der Waals surface area contributed by atoms with E-state index in [0.717, 1.165) is 25.6 Å². The normalized spacial score (nSPS) is 19.2. The number of likely N-dealkylation sites (N-methyl/N-ethyl adjacent to an activating group) is 1. The average molecular weight is 227 g/mol. The molecule has 0 heterocycles. The summed E-state index contributed by atoms with van der Waals surface area (Å²) in [5.74, 6) is -0.235. The Balaban J connectivity index is 2.27. The molecule has 0 saturated heterocycles. The van der Waals surface area contributed by atoms with Crippen LogP contribution in [0.3, 0.4) is 0 Å². The molecule has 1 aliphatic rings. The predicted octanol–water partition coefficient (Wildman–Crippen LogP) is 0.714. The van der Waals surface area contributed by atoms with Crippen LogP contribution in [0.2, 0.25) is 0 Å². The molecule has 0 aromatic heterocycles. The molecule has 1 atom stereocenters. The molecule has 1 fully saturated rings. The van der Waals surface area contributed by atoms with Crippen LogP contribution in [0.5, 0.6) is 0 Å². The first-order valence-electron chi connectivity index (χ1n) is 6.38. The second kappa shape index (κ2) is 6.86. The van der Waals surface area contributed by atoms with E-state index in [1.54, 1.807) is 0 Å². The zero-order valence-corrected chi connectivity index (χ0v) is 10.5. The number of hydrogen-bond donors (Lipinski definition) is 2. The summed E-state index contributed by atoms with van der Waals surface area (Å²) in [5.41, 5.74) is 5.34. The van der Waals surface area contributed by atoms with Crippen molar-refractivity contribution in [1.29, 1.82) is 0 Å². The van der Waals surface area contributed by atoms with Crippen LogP contribution >= 0.6 is 0 Å². The molecule has 3 N–H and O–H groups in total. The molecule has 0 aliphatic heterocycles. The van der Waals surface area contributed by atoms with Gasteiger partial charge in [-0.15, -0.1) is 0 Å². The Morgan fingerprint density at radius 1 is 1.50 bits per heavy atom. The number of amides is 1. The van der Waals surface area contributed by atoms with Crippen LogP contribution in [0.1, 0.15) is 39.0 Å². The molecule has 0 bridgehead atoms. The molecule has 0 aromatic rings. The number of nitrogens with zero attached hydrogens (tertiary/aromatic N) is 1. The van der Waals surface area contributed by atoms with Gasteiger partial charge in [0.15, 0.2) is 0 Å². The maximum absolute atomic E-state index is 11.2. The zero-order valence-electron chi connectivity index (χ0n) is 10.5. The van der Waals surface area contributed by atoms with Crippen LogP contribution in [0.25, 0.3) is 0 Å². The van der Waals surface area contributed by atoms with Crippen molar-refractivity contribution in [1.82, 2.24) is 10.2 Å². The number of carbonyl (C=O) groups is 1. The minimum absolute atomic E-state index is 0.172. The summed E-state index contributed by atoms with van der Waals surface area (Å²) in [7, 11) is 2.15. The predicted molar refractivity (Wildman–Crippen MR) is 66.2 cm³/mol. The summed E-state index contributed by atoms with van der Waals surface area (Å²) in [6.45, 7) is 3.74. The number of primary amides is 1. The van der Waals surface area contributed by atoms with E-state index in [1.807, 2.05) is 6.92 Å². The van der Waals surface area contributed by atoms with Gasteiger partial charge in [-0.1, -0.05) is 19.8 Å². The molecule has 0 aromatic carbocycles. The Morgan fingerprint density at radius 2 is 2.12 bits per heavy atom. The van der Waals surface area contributed by atoms with E-state index in [-0.39, 0.29) is 11.9 Å². The van der Waals surface area contributed by atoms with Gasteiger partial charge in [0.2, 0.25) is 5.91 Å². The van der Waals surface area contributed by atoms with Gasteiger partial charge in [0.1, 0.15) is 0 Å². The van der Waals surface area contributed by atoms with Crippen LogP contribution < -0.4 is 11.1 Å². The molecular formula is C12H25N3O. The van der Waals surface area contributed by atoms with Crippen molar-refractivity contribution in [2.75, 3.05) is 20.1 Å². The Hall–Kier alpha value is -0.610. The molecule has 1 aliphatic carbocycles. The zero-order chi connectivity index (χ0) is 12.0. The van der Waals surface area contributed by atoms with Gasteiger partial charge in [-0.25, -0.2) is 0 Å². The summed E-state index contributed by atoms with van der Waals surface area (Å²) < 4.78 is 0. The molecule has 1 rings (SSSR count). The van der Waals surface area contributed by atoms with E-state index < -0.39 is 0 Å². The van der Waals surface area contributed by atoms with Crippen molar-refractivity contribution in [3.05, 3.63) is 0 Å². The van der Waals surface area contributed by atoms with E-state index in [1.165, 1.54) is 25.7 Å². The number of rotatable bonds is 7. The third kappa shape index (κ3) is 4.10. The quantitative estimate of drug-likeness (QED) is 0.673. The Bertz CT molecular complexity index is 214. The second-order valence-corrected chi connectivity index (χ2v) is 4.72.